The van der Waals surface area contributed by atoms with Crippen molar-refractivity contribution < 1.29 is 13.9 Å². The lowest BCUT2D eigenvalue weighted by Crippen LogP contribution is -2.06. The van der Waals surface area contributed by atoms with E-state index in [9.17, 15) is 13.9 Å². The van der Waals surface area contributed by atoms with Gasteiger partial charge in [-0.1, -0.05) is 41.4 Å². The molecule has 1 N–H and O–H groups in total. The monoisotopic (exact) mass is 302 g/mol. The highest BCUT2D eigenvalue weighted by molar-refractivity contribution is 6.31. The van der Waals surface area contributed by atoms with E-state index in [1.54, 1.807) is 6.07 Å². The number of rotatable bonds is 3. The largest absolute Gasteiger partial charge is 0.388 e. The average molecular weight is 303 g/mol. The van der Waals surface area contributed by atoms with E-state index in [1.165, 1.54) is 30.3 Å². The van der Waals surface area contributed by atoms with Crippen molar-refractivity contribution in [2.24, 2.45) is 0 Å². The van der Waals surface area contributed by atoms with Crippen molar-refractivity contribution >= 4 is 23.2 Å². The van der Waals surface area contributed by atoms with E-state index in [0.29, 0.717) is 0 Å². The van der Waals surface area contributed by atoms with Gasteiger partial charge >= 0.3 is 0 Å². The van der Waals surface area contributed by atoms with Crippen LogP contribution in [0.2, 0.25) is 10.0 Å². The molecule has 2 aromatic rings. The molecule has 0 heterocycles. The zero-order valence-electron chi connectivity index (χ0n) is 9.71. The number of benzene rings is 2. The van der Waals surface area contributed by atoms with Crippen LogP contribution < -0.4 is 0 Å². The predicted molar refractivity (Wildman–Crippen MR) is 71.5 cm³/mol. The quantitative estimate of drug-likeness (QED) is 0.882. The molecular weight excluding hydrogens is 293 g/mol. The smallest absolute Gasteiger partial charge is 0.145 e. The summed E-state index contributed by atoms with van der Waals surface area (Å²) in [6.45, 7) is 0. The fraction of sp³-hybridized carbons (Fsp3) is 0.143. The molecule has 0 saturated carbocycles. The Morgan fingerprint density at radius 2 is 1.63 bits per heavy atom. The van der Waals surface area contributed by atoms with Crippen LogP contribution in [0.1, 0.15) is 17.2 Å². The van der Waals surface area contributed by atoms with Crippen molar-refractivity contribution in [2.75, 3.05) is 0 Å². The van der Waals surface area contributed by atoms with Crippen LogP contribution in [0.15, 0.2) is 36.4 Å². The number of aliphatic hydroxyl groups is 1. The molecular formula is C14H10Cl2F2O. The van der Waals surface area contributed by atoms with E-state index in [-0.39, 0.29) is 27.6 Å². The average Bonchev–Trinajstić information content (AvgIpc) is 2.35. The van der Waals surface area contributed by atoms with Crippen molar-refractivity contribution in [1.82, 2.24) is 0 Å². The number of hydrogen-bond acceptors (Lipinski definition) is 1. The maximum atomic E-state index is 13.7. The Labute approximate surface area is 119 Å². The van der Waals surface area contributed by atoms with Crippen LogP contribution in [0.5, 0.6) is 0 Å². The number of halogens is 4. The van der Waals surface area contributed by atoms with Crippen LogP contribution in [0.3, 0.4) is 0 Å². The molecule has 0 spiro atoms. The van der Waals surface area contributed by atoms with E-state index in [4.69, 9.17) is 23.2 Å². The molecule has 1 atom stereocenters. The summed E-state index contributed by atoms with van der Waals surface area (Å²) >= 11 is 11.5. The Bertz CT molecular complexity index is 582. The lowest BCUT2D eigenvalue weighted by atomic mass is 10.0. The summed E-state index contributed by atoms with van der Waals surface area (Å²) in [7, 11) is 0. The first-order chi connectivity index (χ1) is 9.00. The molecule has 5 heteroatoms. The van der Waals surface area contributed by atoms with Gasteiger partial charge in [-0.25, -0.2) is 8.78 Å². The molecule has 0 fully saturated rings. The van der Waals surface area contributed by atoms with Crippen molar-refractivity contribution in [3.8, 4) is 0 Å². The normalized spacial score (nSPS) is 12.5. The Morgan fingerprint density at radius 1 is 1.00 bits per heavy atom. The fourth-order valence-corrected chi connectivity index (χ4v) is 2.33. The SMILES string of the molecule is OC(Cc1cccc(Cl)c1F)c1c(F)cccc1Cl. The van der Waals surface area contributed by atoms with Crippen molar-refractivity contribution in [3.05, 3.63) is 69.2 Å². The summed E-state index contributed by atoms with van der Waals surface area (Å²) in [6.07, 6.45) is -1.34. The van der Waals surface area contributed by atoms with Gasteiger partial charge in [0, 0.05) is 17.0 Å². The van der Waals surface area contributed by atoms with Crippen LogP contribution in [-0.4, -0.2) is 5.11 Å². The van der Waals surface area contributed by atoms with Gasteiger partial charge in [0.2, 0.25) is 0 Å². The summed E-state index contributed by atoms with van der Waals surface area (Å²) in [6, 6.07) is 8.56. The van der Waals surface area contributed by atoms with Gasteiger partial charge in [-0.3, -0.25) is 0 Å². The Balaban J connectivity index is 2.31. The van der Waals surface area contributed by atoms with Crippen molar-refractivity contribution in [3.63, 3.8) is 0 Å². The van der Waals surface area contributed by atoms with E-state index in [1.807, 2.05) is 0 Å². The summed E-state index contributed by atoms with van der Waals surface area (Å²) in [5, 5.41) is 10.1. The lowest BCUT2D eigenvalue weighted by molar-refractivity contribution is 0.172. The minimum atomic E-state index is -1.23. The Kier molecular flexibility index (Phi) is 4.40. The highest BCUT2D eigenvalue weighted by Gasteiger charge is 2.19. The molecule has 0 aliphatic carbocycles. The standard InChI is InChI=1S/C14H10Cl2F2O/c15-9-4-2-6-11(17)13(9)12(19)7-8-3-1-5-10(16)14(8)18/h1-6,12,19H,7H2. The molecule has 1 nitrogen and oxygen atoms in total. The summed E-state index contributed by atoms with van der Waals surface area (Å²) in [4.78, 5) is 0. The maximum absolute atomic E-state index is 13.7. The molecule has 100 valence electrons. The van der Waals surface area contributed by atoms with Gasteiger partial charge in [-0.15, -0.1) is 0 Å². The molecule has 0 aliphatic heterocycles. The predicted octanol–water partition coefficient (Wildman–Crippen LogP) is 4.55. The molecule has 2 aromatic carbocycles. The second kappa shape index (κ2) is 5.87. The van der Waals surface area contributed by atoms with Gasteiger partial charge in [-0.2, -0.15) is 0 Å². The van der Waals surface area contributed by atoms with Crippen LogP contribution in [0, 0.1) is 11.6 Å². The van der Waals surface area contributed by atoms with Gasteiger partial charge in [0.05, 0.1) is 11.1 Å². The number of hydrogen-bond donors (Lipinski definition) is 1. The second-order valence-corrected chi connectivity index (χ2v) is 4.88. The molecule has 0 bridgehead atoms. The second-order valence-electron chi connectivity index (χ2n) is 4.07. The van der Waals surface area contributed by atoms with Gasteiger partial charge in [0.1, 0.15) is 11.6 Å². The van der Waals surface area contributed by atoms with Gasteiger partial charge in [0.25, 0.3) is 0 Å². The van der Waals surface area contributed by atoms with Crippen molar-refractivity contribution in [2.45, 2.75) is 12.5 Å². The Hall–Kier alpha value is -1.16. The molecule has 1 unspecified atom stereocenters. The maximum Gasteiger partial charge on any atom is 0.145 e. The minimum Gasteiger partial charge on any atom is -0.388 e. The van der Waals surface area contributed by atoms with Crippen LogP contribution in [0.4, 0.5) is 8.78 Å². The molecule has 2 rings (SSSR count). The van der Waals surface area contributed by atoms with E-state index in [0.717, 1.165) is 0 Å². The van der Waals surface area contributed by atoms with Gasteiger partial charge in [0.15, 0.2) is 0 Å². The van der Waals surface area contributed by atoms with E-state index in [2.05, 4.69) is 0 Å². The molecule has 0 radical (unpaired) electrons. The first-order valence-corrected chi connectivity index (χ1v) is 6.31. The molecule has 0 aromatic heterocycles. The third kappa shape index (κ3) is 3.06. The number of aliphatic hydroxyl groups excluding tert-OH is 1. The summed E-state index contributed by atoms with van der Waals surface area (Å²) in [5.41, 5.74) is 0.169. The van der Waals surface area contributed by atoms with Crippen LogP contribution >= 0.6 is 23.2 Å². The summed E-state index contributed by atoms with van der Waals surface area (Å²) < 4.78 is 27.3. The van der Waals surface area contributed by atoms with Gasteiger partial charge in [-0.05, 0) is 23.8 Å². The first-order valence-electron chi connectivity index (χ1n) is 5.55. The third-order valence-corrected chi connectivity index (χ3v) is 3.40. The molecule has 0 saturated heterocycles. The topological polar surface area (TPSA) is 20.2 Å². The Morgan fingerprint density at radius 3 is 2.32 bits per heavy atom. The molecule has 0 amide bonds. The zero-order valence-corrected chi connectivity index (χ0v) is 11.2. The highest BCUT2D eigenvalue weighted by Crippen LogP contribution is 2.29. The van der Waals surface area contributed by atoms with E-state index >= 15 is 0 Å². The van der Waals surface area contributed by atoms with Crippen molar-refractivity contribution in [1.29, 1.82) is 0 Å². The molecule has 19 heavy (non-hydrogen) atoms. The fourth-order valence-electron chi connectivity index (χ4n) is 1.85. The van der Waals surface area contributed by atoms with E-state index < -0.39 is 17.7 Å². The van der Waals surface area contributed by atoms with Crippen LogP contribution in [-0.2, 0) is 6.42 Å². The minimum absolute atomic E-state index is 0.0377. The first kappa shape index (κ1) is 14.3. The lowest BCUT2D eigenvalue weighted by Gasteiger charge is -2.14. The summed E-state index contributed by atoms with van der Waals surface area (Å²) in [5.74, 6) is -1.24. The highest BCUT2D eigenvalue weighted by atomic mass is 35.5. The third-order valence-electron chi connectivity index (χ3n) is 2.78. The van der Waals surface area contributed by atoms with Gasteiger partial charge < -0.3 is 5.11 Å². The van der Waals surface area contributed by atoms with Crippen LogP contribution in [0.25, 0.3) is 0 Å². The molecule has 0 aliphatic rings. The zero-order chi connectivity index (χ0) is 14.0.